The van der Waals surface area contributed by atoms with Gasteiger partial charge < -0.3 is 16.4 Å². The first-order chi connectivity index (χ1) is 16.0. The molecule has 0 saturated heterocycles. The molecule has 0 atom stereocenters. The molecule has 0 aromatic heterocycles. The van der Waals surface area contributed by atoms with E-state index in [4.69, 9.17) is 17.3 Å². The van der Waals surface area contributed by atoms with Crippen LogP contribution in [0, 0.1) is 0 Å². The molecule has 1 aliphatic carbocycles. The molecule has 166 valence electrons. The van der Waals surface area contributed by atoms with E-state index in [1.807, 2.05) is 54.6 Å². The van der Waals surface area contributed by atoms with Crippen molar-refractivity contribution in [1.29, 1.82) is 0 Å². The van der Waals surface area contributed by atoms with Gasteiger partial charge in [0.1, 0.15) is 0 Å². The molecule has 0 radical (unpaired) electrons. The van der Waals surface area contributed by atoms with Crippen LogP contribution in [0.15, 0.2) is 78.9 Å². The maximum absolute atomic E-state index is 12.8. The van der Waals surface area contributed by atoms with E-state index < -0.39 is 0 Å². The Labute approximate surface area is 198 Å². The van der Waals surface area contributed by atoms with E-state index in [0.29, 0.717) is 22.0 Å². The average Bonchev–Trinajstić information content (AvgIpc) is 3.62. The topological polar surface area (TPSA) is 84.2 Å². The van der Waals surface area contributed by atoms with E-state index >= 15 is 0 Å². The van der Waals surface area contributed by atoms with Crippen LogP contribution in [0.5, 0.6) is 0 Å². The van der Waals surface area contributed by atoms with Crippen LogP contribution in [-0.4, -0.2) is 17.9 Å². The van der Waals surface area contributed by atoms with Gasteiger partial charge in [-0.2, -0.15) is 0 Å². The second kappa shape index (κ2) is 10.2. The Hall–Kier alpha value is -3.83. The monoisotopic (exact) mass is 457 g/mol. The fourth-order valence-electron chi connectivity index (χ4n) is 3.25. The predicted molar refractivity (Wildman–Crippen MR) is 135 cm³/mol. The minimum atomic E-state index is -0.267. The summed E-state index contributed by atoms with van der Waals surface area (Å²) in [5.74, 6) is -0.377. The Balaban J connectivity index is 1.49. The molecule has 3 aromatic rings. The lowest BCUT2D eigenvalue weighted by molar-refractivity contribution is -0.115. The van der Waals surface area contributed by atoms with Crippen molar-refractivity contribution in [1.82, 2.24) is 5.32 Å². The average molecular weight is 458 g/mol. The molecule has 0 bridgehead atoms. The van der Waals surface area contributed by atoms with E-state index in [2.05, 4.69) is 10.6 Å². The third kappa shape index (κ3) is 6.34. The Morgan fingerprint density at radius 2 is 1.67 bits per heavy atom. The normalized spacial score (nSPS) is 13.7. The van der Waals surface area contributed by atoms with Gasteiger partial charge in [0.25, 0.3) is 5.91 Å². The van der Waals surface area contributed by atoms with Crippen LogP contribution in [0.4, 0.5) is 11.4 Å². The van der Waals surface area contributed by atoms with Gasteiger partial charge in [-0.05, 0) is 65.9 Å². The number of carbonyl (C=O) groups excluding carboxylic acids is 2. The molecule has 33 heavy (non-hydrogen) atoms. The van der Waals surface area contributed by atoms with Gasteiger partial charge >= 0.3 is 0 Å². The summed E-state index contributed by atoms with van der Waals surface area (Å²) in [6.45, 7) is 0. The summed E-state index contributed by atoms with van der Waals surface area (Å²) in [5.41, 5.74) is 9.99. The Morgan fingerprint density at radius 1 is 0.939 bits per heavy atom. The first-order valence-corrected chi connectivity index (χ1v) is 11.1. The van der Waals surface area contributed by atoms with Crippen LogP contribution in [0.2, 0.25) is 5.02 Å². The zero-order valence-corrected chi connectivity index (χ0v) is 18.7. The quantitative estimate of drug-likeness (QED) is 0.252. The molecule has 0 heterocycles. The smallest absolute Gasteiger partial charge is 0.252 e. The number of hydrogen-bond acceptors (Lipinski definition) is 3. The summed E-state index contributed by atoms with van der Waals surface area (Å²) in [7, 11) is 0. The zero-order valence-electron chi connectivity index (χ0n) is 17.9. The van der Waals surface area contributed by atoms with Crippen LogP contribution < -0.4 is 16.4 Å². The summed E-state index contributed by atoms with van der Waals surface area (Å²) in [6, 6.07) is 22.2. The van der Waals surface area contributed by atoms with Gasteiger partial charge in [0.2, 0.25) is 5.91 Å². The zero-order chi connectivity index (χ0) is 23.2. The highest BCUT2D eigenvalue weighted by atomic mass is 35.5. The second-order valence-electron chi connectivity index (χ2n) is 7.89. The lowest BCUT2D eigenvalue weighted by atomic mass is 10.0. The van der Waals surface area contributed by atoms with Crippen LogP contribution in [0.1, 0.15) is 29.5 Å². The van der Waals surface area contributed by atoms with Gasteiger partial charge in [-0.15, -0.1) is 0 Å². The van der Waals surface area contributed by atoms with E-state index in [0.717, 1.165) is 29.5 Å². The van der Waals surface area contributed by atoms with Gasteiger partial charge in [0.05, 0.1) is 11.4 Å². The maximum Gasteiger partial charge on any atom is 0.252 e. The predicted octanol–water partition coefficient (Wildman–Crippen LogP) is 5.39. The highest BCUT2D eigenvalue weighted by molar-refractivity contribution is 6.31. The van der Waals surface area contributed by atoms with Gasteiger partial charge in [-0.25, -0.2) is 0 Å². The number of carbonyl (C=O) groups is 2. The number of amides is 2. The first-order valence-electron chi connectivity index (χ1n) is 10.7. The molecule has 4 rings (SSSR count). The third-order valence-electron chi connectivity index (χ3n) is 5.19. The molecule has 6 heteroatoms. The summed E-state index contributed by atoms with van der Waals surface area (Å²) in [5, 5.41) is 6.38. The highest BCUT2D eigenvalue weighted by Gasteiger charge is 2.25. The molecule has 3 aromatic carbocycles. The van der Waals surface area contributed by atoms with Crippen LogP contribution in [-0.2, 0) is 9.59 Å². The minimum absolute atomic E-state index is 0.111. The molecule has 1 saturated carbocycles. The number of benzene rings is 3. The molecular formula is C27H24ClN3O2. The largest absolute Gasteiger partial charge is 0.397 e. The molecule has 0 unspecified atom stereocenters. The van der Waals surface area contributed by atoms with Crippen LogP contribution in [0.25, 0.3) is 17.7 Å². The second-order valence-corrected chi connectivity index (χ2v) is 8.33. The molecule has 0 spiro atoms. The van der Waals surface area contributed by atoms with Crippen molar-refractivity contribution in [2.45, 2.75) is 18.9 Å². The molecule has 1 fully saturated rings. The number of halogens is 1. The van der Waals surface area contributed by atoms with Crippen molar-refractivity contribution in [3.8, 4) is 0 Å². The minimum Gasteiger partial charge on any atom is -0.397 e. The number of hydrogen-bond donors (Lipinski definition) is 3. The third-order valence-corrected chi connectivity index (χ3v) is 5.42. The number of anilines is 2. The van der Waals surface area contributed by atoms with Gasteiger partial charge in [0, 0.05) is 22.7 Å². The Bertz CT molecular complexity index is 1230. The molecule has 1 aliphatic rings. The van der Waals surface area contributed by atoms with E-state index in [-0.39, 0.29) is 17.9 Å². The summed E-state index contributed by atoms with van der Waals surface area (Å²) in [4.78, 5) is 25.0. The van der Waals surface area contributed by atoms with Crippen LogP contribution in [0.3, 0.4) is 0 Å². The number of nitrogens with two attached hydrogens (primary N) is 1. The van der Waals surface area contributed by atoms with Crippen molar-refractivity contribution in [2.75, 3.05) is 11.1 Å². The lowest BCUT2D eigenvalue weighted by Crippen LogP contribution is -2.26. The van der Waals surface area contributed by atoms with E-state index in [1.165, 1.54) is 6.08 Å². The number of rotatable bonds is 7. The van der Waals surface area contributed by atoms with Crippen LogP contribution >= 0.6 is 11.6 Å². The summed E-state index contributed by atoms with van der Waals surface area (Å²) in [6.07, 6.45) is 7.05. The van der Waals surface area contributed by atoms with Crippen molar-refractivity contribution in [2.24, 2.45) is 0 Å². The summed E-state index contributed by atoms with van der Waals surface area (Å²) >= 11 is 6.15. The SMILES string of the molecule is Nc1ccccc1NC(=O)/C=C/c1ccc(C=C(C(=O)NC2CC2)c2cccc(Cl)c2)cc1. The molecule has 4 N–H and O–H groups in total. The number of nitrogen functional groups attached to an aromatic ring is 1. The van der Waals surface area contributed by atoms with Crippen molar-refractivity contribution in [3.05, 3.63) is 101 Å². The number of nitrogens with one attached hydrogen (secondary N) is 2. The van der Waals surface area contributed by atoms with Gasteiger partial charge in [0.15, 0.2) is 0 Å². The number of para-hydroxylation sites is 2. The van der Waals surface area contributed by atoms with E-state index in [9.17, 15) is 9.59 Å². The van der Waals surface area contributed by atoms with Crippen molar-refractivity contribution in [3.63, 3.8) is 0 Å². The first kappa shape index (κ1) is 22.4. The van der Waals surface area contributed by atoms with E-state index in [1.54, 1.807) is 30.3 Å². The standard InChI is InChI=1S/C27H24ClN3O2/c28-21-5-3-4-20(17-21)23(27(33)30-22-13-14-22)16-19-10-8-18(9-11-19)12-15-26(32)31-25-7-2-1-6-24(25)29/h1-12,15-17,22H,13-14,29H2,(H,30,33)(H,31,32)/b15-12+,23-16?. The molecular weight excluding hydrogens is 434 g/mol. The summed E-state index contributed by atoms with van der Waals surface area (Å²) < 4.78 is 0. The Kier molecular flexibility index (Phi) is 6.91. The fraction of sp³-hybridized carbons (Fsp3) is 0.111. The van der Waals surface area contributed by atoms with Crippen molar-refractivity contribution < 1.29 is 9.59 Å². The molecule has 0 aliphatic heterocycles. The Morgan fingerprint density at radius 3 is 2.36 bits per heavy atom. The van der Waals surface area contributed by atoms with Crippen molar-refractivity contribution >= 4 is 52.5 Å². The maximum atomic E-state index is 12.8. The molecule has 2 amide bonds. The highest BCUT2D eigenvalue weighted by Crippen LogP contribution is 2.25. The van der Waals surface area contributed by atoms with Gasteiger partial charge in [-0.3, -0.25) is 9.59 Å². The lowest BCUT2D eigenvalue weighted by Gasteiger charge is -2.10. The fourth-order valence-corrected chi connectivity index (χ4v) is 3.44. The molecule has 5 nitrogen and oxygen atoms in total. The van der Waals surface area contributed by atoms with Gasteiger partial charge in [-0.1, -0.05) is 60.1 Å².